The molecule has 0 aliphatic carbocycles. The molecule has 0 atom stereocenters. The molecule has 1 radical (unpaired) electrons. The average Bonchev–Trinajstić information content (AvgIpc) is 3.25. The third kappa shape index (κ3) is 5.90. The summed E-state index contributed by atoms with van der Waals surface area (Å²) in [7, 11) is 1.52. The fourth-order valence-corrected chi connectivity index (χ4v) is 4.96. The summed E-state index contributed by atoms with van der Waals surface area (Å²) in [5, 5.41) is 2.25. The number of carbonyl (C=O) groups is 3. The number of fused-ring (bicyclic) bond motifs is 1. The molecule has 1 aliphatic rings. The standard InChI is InChI=1S/C27H27F4N4O4/c1-39-13-12-35-21-5-3-2-4-18(21)22(23(35)24(32)36)25(37)34-10-8-17(9-11-34)19-14-16(6-7-20(19)28)15-33-26(38)27(29,30)31/h2-3,5-7,14,17H,8-13,15H2,1H3,(H2,32,36)(H,33,38). The van der Waals surface area contributed by atoms with Crippen molar-refractivity contribution < 1.29 is 36.7 Å². The van der Waals surface area contributed by atoms with Gasteiger partial charge in [0, 0.05) is 38.7 Å². The smallest absolute Gasteiger partial charge is 0.383 e. The van der Waals surface area contributed by atoms with Gasteiger partial charge in [-0.15, -0.1) is 0 Å². The van der Waals surface area contributed by atoms with Crippen molar-refractivity contribution in [1.82, 2.24) is 14.8 Å². The van der Waals surface area contributed by atoms with Gasteiger partial charge in [0.2, 0.25) is 0 Å². The Bertz CT molecular complexity index is 1390. The molecule has 3 N–H and O–H groups in total. The zero-order valence-corrected chi connectivity index (χ0v) is 21.1. The first-order valence-corrected chi connectivity index (χ1v) is 12.3. The highest BCUT2D eigenvalue weighted by Gasteiger charge is 2.38. The van der Waals surface area contributed by atoms with Gasteiger partial charge >= 0.3 is 12.1 Å². The number of primary amides is 1. The first kappa shape index (κ1) is 28.1. The second-order valence-electron chi connectivity index (χ2n) is 9.27. The molecular formula is C27H27F4N4O4. The van der Waals surface area contributed by atoms with Crippen LogP contribution in [0.5, 0.6) is 0 Å². The third-order valence-electron chi connectivity index (χ3n) is 6.84. The number of hydrogen-bond donors (Lipinski definition) is 2. The third-order valence-corrected chi connectivity index (χ3v) is 6.84. The lowest BCUT2D eigenvalue weighted by molar-refractivity contribution is -0.173. The van der Waals surface area contributed by atoms with Gasteiger partial charge in [0.1, 0.15) is 11.5 Å². The number of nitrogens with one attached hydrogen (secondary N) is 1. The molecule has 0 spiro atoms. The fraction of sp³-hybridized carbons (Fsp3) is 0.370. The van der Waals surface area contributed by atoms with Crippen LogP contribution in [0.4, 0.5) is 17.6 Å². The first-order valence-electron chi connectivity index (χ1n) is 12.3. The normalized spacial score (nSPS) is 14.5. The van der Waals surface area contributed by atoms with Gasteiger partial charge in [-0.1, -0.05) is 24.3 Å². The Morgan fingerprint density at radius 3 is 2.54 bits per heavy atom. The number of hydrogen-bond acceptors (Lipinski definition) is 4. The lowest BCUT2D eigenvalue weighted by atomic mass is 9.88. The van der Waals surface area contributed by atoms with Crippen molar-refractivity contribution in [2.75, 3.05) is 26.8 Å². The Hall–Kier alpha value is -3.93. The molecule has 1 saturated heterocycles. The average molecular weight is 548 g/mol. The van der Waals surface area contributed by atoms with E-state index < -0.39 is 36.3 Å². The van der Waals surface area contributed by atoms with Crippen LogP contribution < -0.4 is 11.1 Å². The molecule has 1 aromatic heterocycles. The van der Waals surface area contributed by atoms with Crippen LogP contribution in [0.2, 0.25) is 0 Å². The quantitative estimate of drug-likeness (QED) is 0.421. The Kier molecular flexibility index (Phi) is 8.24. The summed E-state index contributed by atoms with van der Waals surface area (Å²) in [5.41, 5.74) is 7.18. The van der Waals surface area contributed by atoms with Crippen molar-refractivity contribution in [3.63, 3.8) is 0 Å². The number of halogens is 4. The Balaban J connectivity index is 1.53. The van der Waals surface area contributed by atoms with Gasteiger partial charge in [-0.3, -0.25) is 14.4 Å². The Labute approximate surface area is 221 Å². The molecule has 4 rings (SSSR count). The van der Waals surface area contributed by atoms with Crippen LogP contribution in [0.3, 0.4) is 0 Å². The van der Waals surface area contributed by atoms with Crippen LogP contribution >= 0.6 is 0 Å². The van der Waals surface area contributed by atoms with E-state index in [4.69, 9.17) is 10.5 Å². The van der Waals surface area contributed by atoms with Crippen molar-refractivity contribution in [1.29, 1.82) is 0 Å². The van der Waals surface area contributed by atoms with Gasteiger partial charge in [0.25, 0.3) is 11.8 Å². The number of piperidine rings is 1. The van der Waals surface area contributed by atoms with Gasteiger partial charge in [-0.05, 0) is 48.1 Å². The monoisotopic (exact) mass is 547 g/mol. The molecule has 0 bridgehead atoms. The summed E-state index contributed by atoms with van der Waals surface area (Å²) in [6.07, 6.45) is -4.23. The van der Waals surface area contributed by atoms with Crippen LogP contribution in [-0.2, 0) is 22.6 Å². The fourth-order valence-electron chi connectivity index (χ4n) is 4.96. The maximum Gasteiger partial charge on any atom is 0.471 e. The van der Waals surface area contributed by atoms with Gasteiger partial charge in [0.05, 0.1) is 17.7 Å². The van der Waals surface area contributed by atoms with Crippen LogP contribution in [0, 0.1) is 11.9 Å². The predicted molar refractivity (Wildman–Crippen MR) is 133 cm³/mol. The lowest BCUT2D eigenvalue weighted by Gasteiger charge is -2.32. The van der Waals surface area contributed by atoms with Crippen molar-refractivity contribution in [2.24, 2.45) is 5.73 Å². The predicted octanol–water partition coefficient (Wildman–Crippen LogP) is 3.52. The molecule has 8 nitrogen and oxygen atoms in total. The minimum atomic E-state index is -5.01. The second kappa shape index (κ2) is 11.4. The van der Waals surface area contributed by atoms with E-state index in [-0.39, 0.29) is 30.3 Å². The minimum absolute atomic E-state index is 0.0660. The Morgan fingerprint density at radius 1 is 1.18 bits per heavy atom. The number of alkyl halides is 3. The zero-order chi connectivity index (χ0) is 28.3. The SMILES string of the molecule is COCCn1c(C(N)=O)c(C(=O)N2CCC(c3cc(CNC(=O)C(F)(F)F)ccc3F)CC2)c2[c]cccc21. The maximum absolute atomic E-state index is 14.7. The molecule has 207 valence electrons. The molecular weight excluding hydrogens is 520 g/mol. The van der Waals surface area contributed by atoms with E-state index >= 15 is 0 Å². The summed E-state index contributed by atoms with van der Waals surface area (Å²) in [4.78, 5) is 38.8. The van der Waals surface area contributed by atoms with Crippen LogP contribution in [0.1, 0.15) is 50.7 Å². The molecule has 1 fully saturated rings. The number of ether oxygens (including phenoxy) is 1. The number of benzene rings is 2. The van der Waals surface area contributed by atoms with Crippen LogP contribution in [0.25, 0.3) is 10.9 Å². The summed E-state index contributed by atoms with van der Waals surface area (Å²) >= 11 is 0. The number of likely N-dealkylation sites (tertiary alicyclic amines) is 1. The molecule has 39 heavy (non-hydrogen) atoms. The van der Waals surface area contributed by atoms with Crippen molar-refractivity contribution in [2.45, 2.75) is 38.0 Å². The van der Waals surface area contributed by atoms with E-state index in [1.54, 1.807) is 33.0 Å². The number of rotatable bonds is 8. The molecule has 12 heteroatoms. The Morgan fingerprint density at radius 2 is 1.90 bits per heavy atom. The van der Waals surface area contributed by atoms with E-state index in [1.165, 1.54) is 19.2 Å². The van der Waals surface area contributed by atoms with Crippen molar-refractivity contribution >= 4 is 28.6 Å². The highest BCUT2D eigenvalue weighted by atomic mass is 19.4. The molecule has 0 saturated carbocycles. The summed E-state index contributed by atoms with van der Waals surface area (Å²) in [6.45, 7) is 0.712. The maximum atomic E-state index is 14.7. The second-order valence-corrected chi connectivity index (χ2v) is 9.27. The van der Waals surface area contributed by atoms with Gasteiger partial charge in [-0.2, -0.15) is 13.2 Å². The summed E-state index contributed by atoms with van der Waals surface area (Å²) in [5.74, 6) is -4.04. The number of amides is 3. The number of nitrogens with two attached hydrogens (primary N) is 1. The van der Waals surface area contributed by atoms with E-state index in [2.05, 4.69) is 6.07 Å². The minimum Gasteiger partial charge on any atom is -0.383 e. The number of nitrogens with zero attached hydrogens (tertiary/aromatic N) is 2. The van der Waals surface area contributed by atoms with E-state index in [9.17, 15) is 31.9 Å². The van der Waals surface area contributed by atoms with E-state index in [1.807, 2.05) is 0 Å². The molecule has 1 aliphatic heterocycles. The number of carbonyl (C=O) groups excluding carboxylic acids is 3. The van der Waals surface area contributed by atoms with Gasteiger partial charge in [0.15, 0.2) is 0 Å². The molecule has 3 aromatic rings. The summed E-state index contributed by atoms with van der Waals surface area (Å²) < 4.78 is 58.9. The largest absolute Gasteiger partial charge is 0.471 e. The topological polar surface area (TPSA) is 107 Å². The van der Waals surface area contributed by atoms with Crippen LogP contribution in [-0.4, -0.2) is 60.2 Å². The van der Waals surface area contributed by atoms with Gasteiger partial charge in [-0.25, -0.2) is 4.39 Å². The first-order chi connectivity index (χ1) is 18.5. The van der Waals surface area contributed by atoms with Crippen molar-refractivity contribution in [3.05, 3.63) is 70.7 Å². The van der Waals surface area contributed by atoms with E-state index in [0.29, 0.717) is 48.0 Å². The lowest BCUT2D eigenvalue weighted by Crippen LogP contribution is -2.39. The summed E-state index contributed by atoms with van der Waals surface area (Å²) in [6, 6.07) is 12.1. The van der Waals surface area contributed by atoms with Crippen molar-refractivity contribution in [3.8, 4) is 0 Å². The highest BCUT2D eigenvalue weighted by molar-refractivity contribution is 6.15. The number of methoxy groups -OCH3 is 1. The van der Waals surface area contributed by atoms with E-state index in [0.717, 1.165) is 6.07 Å². The highest BCUT2D eigenvalue weighted by Crippen LogP contribution is 2.33. The molecule has 0 unspecified atom stereocenters. The zero-order valence-electron chi connectivity index (χ0n) is 21.1. The van der Waals surface area contributed by atoms with Crippen LogP contribution in [0.15, 0.2) is 36.4 Å². The molecule has 2 heterocycles. The molecule has 2 aromatic carbocycles. The molecule has 3 amide bonds. The van der Waals surface area contributed by atoms with Gasteiger partial charge < -0.3 is 25.3 Å². The number of aromatic nitrogens is 1.